The van der Waals surface area contributed by atoms with Gasteiger partial charge in [-0.05, 0) is 32.9 Å². The maximum atomic E-state index is 4.30. The molecule has 2 heterocycles. The highest BCUT2D eigenvalue weighted by Gasteiger charge is 2.17. The van der Waals surface area contributed by atoms with Crippen molar-refractivity contribution >= 4 is 5.82 Å². The molecule has 1 fully saturated rings. The third-order valence-corrected chi connectivity index (χ3v) is 3.21. The second-order valence-electron chi connectivity index (χ2n) is 4.89. The van der Waals surface area contributed by atoms with Crippen molar-refractivity contribution in [2.24, 2.45) is 0 Å². The average molecular weight is 234 g/mol. The molecule has 4 heteroatoms. The molecule has 1 N–H and O–H groups in total. The Morgan fingerprint density at radius 1 is 1.47 bits per heavy atom. The maximum absolute atomic E-state index is 4.30. The molecular weight excluding hydrogens is 212 g/mol. The zero-order chi connectivity index (χ0) is 12.1. The van der Waals surface area contributed by atoms with Gasteiger partial charge in [0.25, 0.3) is 0 Å². The van der Waals surface area contributed by atoms with Crippen LogP contribution in [0.4, 0.5) is 5.82 Å². The van der Waals surface area contributed by atoms with Crippen LogP contribution < -0.4 is 5.32 Å². The fraction of sp³-hybridized carbons (Fsp3) is 0.692. The Morgan fingerprint density at radius 3 is 3.12 bits per heavy atom. The minimum absolute atomic E-state index is 0.526. The van der Waals surface area contributed by atoms with Gasteiger partial charge in [-0.1, -0.05) is 13.3 Å². The summed E-state index contributed by atoms with van der Waals surface area (Å²) < 4.78 is 0. The van der Waals surface area contributed by atoms with E-state index >= 15 is 0 Å². The predicted molar refractivity (Wildman–Crippen MR) is 70.2 cm³/mol. The summed E-state index contributed by atoms with van der Waals surface area (Å²) in [6, 6.07) is 2.61. The lowest BCUT2D eigenvalue weighted by molar-refractivity contribution is 0.260. The van der Waals surface area contributed by atoms with Gasteiger partial charge in [-0.25, -0.2) is 9.97 Å². The molecule has 1 aromatic heterocycles. The van der Waals surface area contributed by atoms with Crippen molar-refractivity contribution in [2.75, 3.05) is 25.5 Å². The summed E-state index contributed by atoms with van der Waals surface area (Å²) in [6.45, 7) is 4.49. The van der Waals surface area contributed by atoms with Gasteiger partial charge in [-0.3, -0.25) is 0 Å². The number of rotatable bonds is 4. The van der Waals surface area contributed by atoms with Crippen LogP contribution in [0, 0.1) is 0 Å². The molecule has 1 aromatic rings. The molecule has 0 aliphatic carbocycles. The molecule has 0 amide bonds. The summed E-state index contributed by atoms with van der Waals surface area (Å²) in [5.41, 5.74) is 1.13. The van der Waals surface area contributed by atoms with E-state index in [2.05, 4.69) is 40.2 Å². The van der Waals surface area contributed by atoms with Crippen molar-refractivity contribution in [1.29, 1.82) is 0 Å². The lowest BCUT2D eigenvalue weighted by atomic mass is 10.1. The van der Waals surface area contributed by atoms with E-state index in [1.54, 1.807) is 6.33 Å². The largest absolute Gasteiger partial charge is 0.366 e. The number of likely N-dealkylation sites (N-methyl/N-ethyl adjacent to an activating group) is 1. The number of likely N-dealkylation sites (tertiary alicyclic amines) is 1. The first kappa shape index (κ1) is 12.3. The van der Waals surface area contributed by atoms with Gasteiger partial charge in [0.1, 0.15) is 12.1 Å². The highest BCUT2D eigenvalue weighted by atomic mass is 15.2. The monoisotopic (exact) mass is 234 g/mol. The highest BCUT2D eigenvalue weighted by Crippen LogP contribution is 2.14. The molecule has 0 spiro atoms. The first-order valence-corrected chi connectivity index (χ1v) is 6.54. The van der Waals surface area contributed by atoms with Crippen molar-refractivity contribution in [3.63, 3.8) is 0 Å². The van der Waals surface area contributed by atoms with Crippen molar-refractivity contribution < 1.29 is 0 Å². The number of nitrogens with one attached hydrogen (secondary N) is 1. The van der Waals surface area contributed by atoms with Crippen molar-refractivity contribution in [3.8, 4) is 0 Å². The minimum atomic E-state index is 0.526. The first-order chi connectivity index (χ1) is 8.28. The number of aromatic nitrogens is 2. The van der Waals surface area contributed by atoms with Crippen LogP contribution in [0.25, 0.3) is 0 Å². The average Bonchev–Trinajstić information content (AvgIpc) is 2.30. The van der Waals surface area contributed by atoms with Crippen molar-refractivity contribution in [2.45, 2.75) is 38.6 Å². The molecule has 1 aliphatic rings. The van der Waals surface area contributed by atoms with Crippen LogP contribution in [-0.2, 0) is 6.42 Å². The van der Waals surface area contributed by atoms with Gasteiger partial charge >= 0.3 is 0 Å². The number of hydrogen-bond donors (Lipinski definition) is 1. The van der Waals surface area contributed by atoms with E-state index in [-0.39, 0.29) is 0 Å². The van der Waals surface area contributed by atoms with Gasteiger partial charge < -0.3 is 10.2 Å². The van der Waals surface area contributed by atoms with Gasteiger partial charge in [0.2, 0.25) is 0 Å². The van der Waals surface area contributed by atoms with Gasteiger partial charge in [-0.15, -0.1) is 0 Å². The first-order valence-electron chi connectivity index (χ1n) is 6.54. The van der Waals surface area contributed by atoms with Crippen LogP contribution in [0.3, 0.4) is 0 Å². The van der Waals surface area contributed by atoms with E-state index in [1.165, 1.54) is 19.4 Å². The normalized spacial score (nSPS) is 21.4. The van der Waals surface area contributed by atoms with Crippen LogP contribution in [0.5, 0.6) is 0 Å². The third kappa shape index (κ3) is 3.66. The molecule has 2 rings (SSSR count). The van der Waals surface area contributed by atoms with Crippen molar-refractivity contribution in [1.82, 2.24) is 14.9 Å². The molecule has 0 bridgehead atoms. The Hall–Kier alpha value is -1.16. The van der Waals surface area contributed by atoms with E-state index in [0.717, 1.165) is 30.9 Å². The van der Waals surface area contributed by atoms with E-state index in [1.807, 2.05) is 0 Å². The van der Waals surface area contributed by atoms with Gasteiger partial charge in [0.05, 0.1) is 0 Å². The molecule has 1 unspecified atom stereocenters. The van der Waals surface area contributed by atoms with E-state index < -0.39 is 0 Å². The number of anilines is 1. The lowest BCUT2D eigenvalue weighted by Crippen LogP contribution is -2.39. The summed E-state index contributed by atoms with van der Waals surface area (Å²) in [4.78, 5) is 10.9. The molecule has 0 radical (unpaired) electrons. The summed E-state index contributed by atoms with van der Waals surface area (Å²) in [5, 5.41) is 3.52. The molecule has 1 aliphatic heterocycles. The van der Waals surface area contributed by atoms with Crippen LogP contribution in [0.1, 0.15) is 31.9 Å². The van der Waals surface area contributed by atoms with E-state index in [4.69, 9.17) is 0 Å². The van der Waals surface area contributed by atoms with Crippen LogP contribution in [0.15, 0.2) is 12.4 Å². The van der Waals surface area contributed by atoms with Gasteiger partial charge in [0.15, 0.2) is 0 Å². The molecule has 1 saturated heterocycles. The summed E-state index contributed by atoms with van der Waals surface area (Å²) >= 11 is 0. The molecular formula is C13H22N4. The maximum Gasteiger partial charge on any atom is 0.129 e. The van der Waals surface area contributed by atoms with Crippen LogP contribution in [0.2, 0.25) is 0 Å². The SMILES string of the molecule is CCCc1cc(NC2CCCN(C)C2)ncn1. The Kier molecular flexibility index (Phi) is 4.31. The quantitative estimate of drug-likeness (QED) is 0.864. The highest BCUT2D eigenvalue weighted by molar-refractivity contribution is 5.36. The third-order valence-electron chi connectivity index (χ3n) is 3.21. The second kappa shape index (κ2) is 5.96. The number of nitrogens with zero attached hydrogens (tertiary/aromatic N) is 3. The number of aryl methyl sites for hydroxylation is 1. The second-order valence-corrected chi connectivity index (χ2v) is 4.89. The predicted octanol–water partition coefficient (Wildman–Crippen LogP) is 1.94. The summed E-state index contributed by atoms with van der Waals surface area (Å²) in [5.74, 6) is 0.976. The fourth-order valence-electron chi connectivity index (χ4n) is 2.36. The summed E-state index contributed by atoms with van der Waals surface area (Å²) in [6.07, 6.45) is 6.32. The Morgan fingerprint density at radius 2 is 2.35 bits per heavy atom. The van der Waals surface area contributed by atoms with Crippen LogP contribution >= 0.6 is 0 Å². The lowest BCUT2D eigenvalue weighted by Gasteiger charge is -2.30. The molecule has 0 saturated carbocycles. The van der Waals surface area contributed by atoms with Crippen LogP contribution in [-0.4, -0.2) is 41.0 Å². The van der Waals surface area contributed by atoms with E-state index in [9.17, 15) is 0 Å². The Balaban J connectivity index is 1.95. The molecule has 0 aromatic carbocycles. The molecule has 94 valence electrons. The molecule has 17 heavy (non-hydrogen) atoms. The van der Waals surface area contributed by atoms with Crippen molar-refractivity contribution in [3.05, 3.63) is 18.1 Å². The molecule has 4 nitrogen and oxygen atoms in total. The Labute approximate surface area is 103 Å². The number of hydrogen-bond acceptors (Lipinski definition) is 4. The zero-order valence-corrected chi connectivity index (χ0v) is 10.8. The van der Waals surface area contributed by atoms with E-state index in [0.29, 0.717) is 6.04 Å². The smallest absolute Gasteiger partial charge is 0.129 e. The van der Waals surface area contributed by atoms with Gasteiger partial charge in [-0.2, -0.15) is 0 Å². The minimum Gasteiger partial charge on any atom is -0.366 e. The number of piperidine rings is 1. The standard InChI is InChI=1S/C13H22N4/c1-3-5-11-8-13(15-10-14-11)16-12-6-4-7-17(2)9-12/h8,10,12H,3-7,9H2,1-2H3,(H,14,15,16). The fourth-order valence-corrected chi connectivity index (χ4v) is 2.36. The topological polar surface area (TPSA) is 41.0 Å². The van der Waals surface area contributed by atoms with Gasteiger partial charge in [0, 0.05) is 24.3 Å². The Bertz CT molecular complexity index is 353. The summed E-state index contributed by atoms with van der Waals surface area (Å²) in [7, 11) is 2.18. The molecule has 1 atom stereocenters. The zero-order valence-electron chi connectivity index (χ0n) is 10.8.